The Hall–Kier alpha value is -2.74. The number of nitriles is 1. The van der Waals surface area contributed by atoms with Crippen LogP contribution in [0.3, 0.4) is 0 Å². The van der Waals surface area contributed by atoms with E-state index in [0.29, 0.717) is 17.7 Å². The average Bonchev–Trinajstić information content (AvgIpc) is 2.54. The van der Waals surface area contributed by atoms with Crippen molar-refractivity contribution in [2.45, 2.75) is 39.0 Å². The van der Waals surface area contributed by atoms with Gasteiger partial charge in [-0.25, -0.2) is 0 Å². The predicted molar refractivity (Wildman–Crippen MR) is 88.6 cm³/mol. The van der Waals surface area contributed by atoms with Crippen molar-refractivity contribution in [2.75, 3.05) is 0 Å². The van der Waals surface area contributed by atoms with Gasteiger partial charge in [-0.05, 0) is 37.5 Å². The highest BCUT2D eigenvalue weighted by Crippen LogP contribution is 2.43. The van der Waals surface area contributed by atoms with E-state index in [0.717, 1.165) is 29.8 Å². The van der Waals surface area contributed by atoms with Crippen LogP contribution in [0.2, 0.25) is 0 Å². The monoisotopic (exact) mass is 322 g/mol. The first kappa shape index (κ1) is 16.1. The molecule has 24 heavy (non-hydrogen) atoms. The van der Waals surface area contributed by atoms with Gasteiger partial charge in [-0.3, -0.25) is 14.6 Å². The quantitative estimate of drug-likeness (QED) is 0.618. The van der Waals surface area contributed by atoms with E-state index in [1.54, 1.807) is 12.1 Å². The van der Waals surface area contributed by atoms with Crippen molar-refractivity contribution < 1.29 is 14.3 Å². The van der Waals surface area contributed by atoms with Crippen LogP contribution in [0.25, 0.3) is 0 Å². The molecule has 5 nitrogen and oxygen atoms in total. The van der Waals surface area contributed by atoms with Crippen LogP contribution < -0.4 is 4.74 Å². The number of hydrogen-bond acceptors (Lipinski definition) is 5. The number of Topliss-reactive ketones (excluding diaryl/α,β-unsaturated/α-hetero) is 1. The number of ketones is 1. The second kappa shape index (κ2) is 6.40. The highest BCUT2D eigenvalue weighted by atomic mass is 16.5. The number of rotatable bonds is 2. The van der Waals surface area contributed by atoms with Crippen LogP contribution in [0.4, 0.5) is 0 Å². The van der Waals surface area contributed by atoms with Crippen LogP contribution in [0.1, 0.15) is 44.6 Å². The van der Waals surface area contributed by atoms with E-state index in [1.165, 1.54) is 6.92 Å². The fourth-order valence-electron chi connectivity index (χ4n) is 3.44. The fraction of sp³-hybridized carbons (Fsp3) is 0.368. The van der Waals surface area contributed by atoms with E-state index in [2.05, 4.69) is 11.1 Å². The van der Waals surface area contributed by atoms with Gasteiger partial charge in [0, 0.05) is 36.2 Å². The van der Waals surface area contributed by atoms with Gasteiger partial charge in [0.2, 0.25) is 0 Å². The molecule has 1 unspecified atom stereocenters. The summed E-state index contributed by atoms with van der Waals surface area (Å²) in [5, 5.41) is 9.61. The molecule has 1 aliphatic carbocycles. The van der Waals surface area contributed by atoms with E-state index in [1.807, 2.05) is 19.1 Å². The molecule has 1 aromatic rings. The van der Waals surface area contributed by atoms with Crippen LogP contribution in [0, 0.1) is 17.2 Å². The van der Waals surface area contributed by atoms with Gasteiger partial charge < -0.3 is 4.74 Å². The zero-order valence-corrected chi connectivity index (χ0v) is 13.7. The number of hydrogen-bond donors (Lipinski definition) is 0. The molecule has 0 fully saturated rings. The largest absolute Gasteiger partial charge is 0.427 e. The SMILES string of the molecule is CC(=O)Oc1ccc([C@@H]2C3=C(CCCC3=O)N=C(C)C2C#N)cc1. The highest BCUT2D eigenvalue weighted by molar-refractivity contribution is 6.02. The van der Waals surface area contributed by atoms with Crippen LogP contribution in [-0.2, 0) is 9.59 Å². The molecule has 2 aliphatic rings. The predicted octanol–water partition coefficient (Wildman–Crippen LogP) is 3.32. The van der Waals surface area contributed by atoms with E-state index in [4.69, 9.17) is 4.74 Å². The molecule has 1 aromatic carbocycles. The molecule has 3 rings (SSSR count). The van der Waals surface area contributed by atoms with E-state index in [9.17, 15) is 14.9 Å². The van der Waals surface area contributed by atoms with E-state index in [-0.39, 0.29) is 17.7 Å². The van der Waals surface area contributed by atoms with Crippen LogP contribution in [0.5, 0.6) is 5.75 Å². The Bertz CT molecular complexity index is 797. The van der Waals surface area contributed by atoms with Gasteiger partial charge in [-0.1, -0.05) is 12.1 Å². The Kier molecular flexibility index (Phi) is 4.30. The first-order chi connectivity index (χ1) is 11.5. The Balaban J connectivity index is 2.04. The standard InChI is InChI=1S/C19H18N2O3/c1-11-15(10-20)18(19-16(21-11)4-3-5-17(19)23)13-6-8-14(9-7-13)24-12(2)22/h6-9,15,18H,3-5H2,1-2H3/t15?,18-/m0/s1. The van der Waals surface area contributed by atoms with Gasteiger partial charge in [0.25, 0.3) is 0 Å². The van der Waals surface area contributed by atoms with Gasteiger partial charge >= 0.3 is 5.97 Å². The first-order valence-electron chi connectivity index (χ1n) is 8.00. The third-order valence-electron chi connectivity index (χ3n) is 4.47. The summed E-state index contributed by atoms with van der Waals surface area (Å²) < 4.78 is 5.05. The van der Waals surface area contributed by atoms with Crippen molar-refractivity contribution in [1.29, 1.82) is 5.26 Å². The maximum Gasteiger partial charge on any atom is 0.308 e. The van der Waals surface area contributed by atoms with E-state index >= 15 is 0 Å². The molecule has 0 radical (unpaired) electrons. The summed E-state index contributed by atoms with van der Waals surface area (Å²) >= 11 is 0. The minimum atomic E-state index is -0.453. The summed E-state index contributed by atoms with van der Waals surface area (Å²) in [5.74, 6) is -0.607. The summed E-state index contributed by atoms with van der Waals surface area (Å²) in [6, 6.07) is 9.32. The Morgan fingerprint density at radius 1 is 1.29 bits per heavy atom. The maximum atomic E-state index is 12.5. The molecule has 0 N–H and O–H groups in total. The lowest BCUT2D eigenvalue weighted by Gasteiger charge is -2.32. The van der Waals surface area contributed by atoms with Gasteiger partial charge in [-0.15, -0.1) is 0 Å². The lowest BCUT2D eigenvalue weighted by molar-refractivity contribution is -0.131. The second-order valence-corrected chi connectivity index (χ2v) is 6.14. The highest BCUT2D eigenvalue weighted by Gasteiger charge is 2.38. The molecular weight excluding hydrogens is 304 g/mol. The molecule has 1 heterocycles. The molecular formula is C19H18N2O3. The molecule has 0 amide bonds. The number of benzene rings is 1. The minimum absolute atomic E-state index is 0.0850. The Morgan fingerprint density at radius 2 is 2.00 bits per heavy atom. The number of ether oxygens (including phenoxy) is 1. The van der Waals surface area contributed by atoms with Crippen LogP contribution in [-0.4, -0.2) is 17.5 Å². The van der Waals surface area contributed by atoms with Crippen molar-refractivity contribution >= 4 is 17.5 Å². The lowest BCUT2D eigenvalue weighted by Crippen LogP contribution is -2.30. The van der Waals surface area contributed by atoms with Crippen molar-refractivity contribution in [3.63, 3.8) is 0 Å². The van der Waals surface area contributed by atoms with Gasteiger partial charge in [0.15, 0.2) is 5.78 Å². The van der Waals surface area contributed by atoms with Gasteiger partial charge in [-0.2, -0.15) is 5.26 Å². The van der Waals surface area contributed by atoms with E-state index < -0.39 is 5.92 Å². The molecule has 0 saturated heterocycles. The van der Waals surface area contributed by atoms with Gasteiger partial charge in [0.05, 0.1) is 12.0 Å². The van der Waals surface area contributed by atoms with Crippen molar-refractivity contribution in [2.24, 2.45) is 10.9 Å². The third-order valence-corrected chi connectivity index (χ3v) is 4.47. The molecule has 0 spiro atoms. The number of allylic oxidation sites excluding steroid dienone is 2. The average molecular weight is 322 g/mol. The summed E-state index contributed by atoms with van der Waals surface area (Å²) in [6.07, 6.45) is 2.09. The normalized spacial score (nSPS) is 23.2. The zero-order valence-electron chi connectivity index (χ0n) is 13.7. The number of esters is 1. The summed E-state index contributed by atoms with van der Waals surface area (Å²) in [4.78, 5) is 28.0. The van der Waals surface area contributed by atoms with Crippen molar-refractivity contribution in [3.05, 3.63) is 41.1 Å². The number of carbonyl (C=O) groups excluding carboxylic acids is 2. The Morgan fingerprint density at radius 3 is 2.62 bits per heavy atom. The lowest BCUT2D eigenvalue weighted by atomic mass is 9.72. The summed E-state index contributed by atoms with van der Waals surface area (Å²) in [6.45, 7) is 3.19. The van der Waals surface area contributed by atoms with Crippen molar-refractivity contribution in [1.82, 2.24) is 0 Å². The number of nitrogens with zero attached hydrogens (tertiary/aromatic N) is 2. The van der Waals surface area contributed by atoms with Gasteiger partial charge in [0.1, 0.15) is 5.75 Å². The summed E-state index contributed by atoms with van der Waals surface area (Å²) in [5.41, 5.74) is 3.12. The fourth-order valence-corrected chi connectivity index (χ4v) is 3.44. The molecule has 2 atom stereocenters. The van der Waals surface area contributed by atoms with Crippen molar-refractivity contribution in [3.8, 4) is 11.8 Å². The van der Waals surface area contributed by atoms with Crippen LogP contribution in [0.15, 0.2) is 40.5 Å². The van der Waals surface area contributed by atoms with Crippen LogP contribution >= 0.6 is 0 Å². The maximum absolute atomic E-state index is 12.5. The zero-order chi connectivity index (χ0) is 17.3. The topological polar surface area (TPSA) is 79.5 Å². The second-order valence-electron chi connectivity index (χ2n) is 6.14. The molecule has 0 bridgehead atoms. The third kappa shape index (κ3) is 2.88. The number of aliphatic imine (C=N–C) groups is 1. The first-order valence-corrected chi connectivity index (χ1v) is 8.00. The smallest absolute Gasteiger partial charge is 0.308 e. The molecule has 5 heteroatoms. The molecule has 0 saturated carbocycles. The summed E-state index contributed by atoms with van der Waals surface area (Å²) in [7, 11) is 0. The Labute approximate surface area is 140 Å². The molecule has 0 aromatic heterocycles. The molecule has 122 valence electrons. The minimum Gasteiger partial charge on any atom is -0.427 e. The molecule has 1 aliphatic heterocycles. The number of carbonyl (C=O) groups is 2.